The van der Waals surface area contributed by atoms with Gasteiger partial charge in [-0.25, -0.2) is 23.3 Å². The highest BCUT2D eigenvalue weighted by molar-refractivity contribution is 6.04. The lowest BCUT2D eigenvalue weighted by atomic mass is 10.0. The fourth-order valence-electron chi connectivity index (χ4n) is 3.75. The predicted molar refractivity (Wildman–Crippen MR) is 125 cm³/mol. The summed E-state index contributed by atoms with van der Waals surface area (Å²) < 4.78 is 28.9. The van der Waals surface area contributed by atoms with Crippen molar-refractivity contribution in [1.82, 2.24) is 19.6 Å². The van der Waals surface area contributed by atoms with E-state index >= 15 is 0 Å². The molecule has 0 saturated carbocycles. The first-order valence-electron chi connectivity index (χ1n) is 10.5. The highest BCUT2D eigenvalue weighted by atomic mass is 19.1. The van der Waals surface area contributed by atoms with Gasteiger partial charge in [0.25, 0.3) is 5.91 Å². The lowest BCUT2D eigenvalue weighted by molar-refractivity contribution is 0.102. The van der Waals surface area contributed by atoms with Gasteiger partial charge < -0.3 is 5.32 Å². The molecule has 0 aliphatic rings. The van der Waals surface area contributed by atoms with Gasteiger partial charge in [0, 0.05) is 29.1 Å². The molecule has 34 heavy (non-hydrogen) atoms. The van der Waals surface area contributed by atoms with Crippen molar-refractivity contribution in [1.29, 1.82) is 0 Å². The van der Waals surface area contributed by atoms with Crippen LogP contribution in [0.3, 0.4) is 0 Å². The first-order chi connectivity index (χ1) is 16.4. The molecule has 8 heteroatoms. The van der Waals surface area contributed by atoms with Gasteiger partial charge >= 0.3 is 0 Å². The Bertz CT molecular complexity index is 1540. The van der Waals surface area contributed by atoms with E-state index in [2.05, 4.69) is 15.4 Å². The number of halogens is 2. The fraction of sp³-hybridized carbons (Fsp3) is 0.0769. The summed E-state index contributed by atoms with van der Waals surface area (Å²) in [5, 5.41) is 7.23. The minimum atomic E-state index is -0.421. The molecule has 0 atom stereocenters. The van der Waals surface area contributed by atoms with Crippen LogP contribution in [0.5, 0.6) is 0 Å². The molecule has 0 bridgehead atoms. The van der Waals surface area contributed by atoms with E-state index in [0.717, 1.165) is 11.1 Å². The maximum atomic E-state index is 13.9. The number of nitrogens with one attached hydrogen (secondary N) is 1. The van der Waals surface area contributed by atoms with Crippen molar-refractivity contribution in [3.63, 3.8) is 0 Å². The number of carbonyl (C=O) groups is 1. The molecular formula is C26H19F2N5O. The Morgan fingerprint density at radius 2 is 1.68 bits per heavy atom. The Morgan fingerprint density at radius 1 is 0.882 bits per heavy atom. The number of rotatable bonds is 4. The Balaban J connectivity index is 1.61. The van der Waals surface area contributed by atoms with E-state index < -0.39 is 11.7 Å². The first kappa shape index (κ1) is 21.4. The number of pyridine rings is 1. The number of nitrogens with zero attached hydrogens (tertiary/aromatic N) is 4. The summed E-state index contributed by atoms with van der Waals surface area (Å²) in [5.74, 6) is -0.810. The van der Waals surface area contributed by atoms with Crippen LogP contribution in [0.2, 0.25) is 0 Å². The molecule has 3 heterocycles. The van der Waals surface area contributed by atoms with Crippen LogP contribution in [0.25, 0.3) is 28.2 Å². The number of benzene rings is 2. The summed E-state index contributed by atoms with van der Waals surface area (Å²) in [5.41, 5.74) is 5.19. The first-order valence-corrected chi connectivity index (χ1v) is 10.5. The second kappa shape index (κ2) is 8.47. The summed E-state index contributed by atoms with van der Waals surface area (Å²) in [6, 6.07) is 15.5. The van der Waals surface area contributed by atoms with Crippen LogP contribution in [0.15, 0.2) is 73.1 Å². The Hall–Kier alpha value is -4.46. The van der Waals surface area contributed by atoms with Gasteiger partial charge in [-0.2, -0.15) is 5.10 Å². The van der Waals surface area contributed by atoms with Crippen molar-refractivity contribution in [2.75, 3.05) is 5.32 Å². The summed E-state index contributed by atoms with van der Waals surface area (Å²) in [6.45, 7) is 3.64. The second-order valence-corrected chi connectivity index (χ2v) is 7.91. The molecule has 2 aromatic carbocycles. The molecule has 0 fully saturated rings. The number of aryl methyl sites for hydroxylation is 2. The van der Waals surface area contributed by atoms with Crippen LogP contribution in [0, 0.1) is 25.5 Å². The third-order valence-corrected chi connectivity index (χ3v) is 5.53. The molecule has 5 aromatic rings. The average Bonchev–Trinajstić information content (AvgIpc) is 3.22. The molecule has 0 spiro atoms. The molecule has 1 amide bonds. The van der Waals surface area contributed by atoms with Crippen molar-refractivity contribution in [2.45, 2.75) is 13.8 Å². The Morgan fingerprint density at radius 3 is 2.44 bits per heavy atom. The summed E-state index contributed by atoms with van der Waals surface area (Å²) in [6.07, 6.45) is 3.26. The van der Waals surface area contributed by atoms with Crippen molar-refractivity contribution >= 4 is 17.4 Å². The van der Waals surface area contributed by atoms with E-state index in [1.165, 1.54) is 30.3 Å². The number of hydrogen-bond acceptors (Lipinski definition) is 4. The average molecular weight is 455 g/mol. The Kier molecular flexibility index (Phi) is 5.33. The van der Waals surface area contributed by atoms with E-state index in [1.807, 2.05) is 13.0 Å². The molecule has 6 nitrogen and oxygen atoms in total. The van der Waals surface area contributed by atoms with Crippen LogP contribution in [-0.2, 0) is 0 Å². The van der Waals surface area contributed by atoms with E-state index in [4.69, 9.17) is 4.98 Å². The van der Waals surface area contributed by atoms with Crippen molar-refractivity contribution in [2.24, 2.45) is 0 Å². The summed E-state index contributed by atoms with van der Waals surface area (Å²) in [4.78, 5) is 21.7. The number of aromatic nitrogens is 4. The molecule has 0 saturated heterocycles. The third-order valence-electron chi connectivity index (χ3n) is 5.53. The minimum absolute atomic E-state index is 0.293. The zero-order chi connectivity index (χ0) is 23.8. The van der Waals surface area contributed by atoms with Crippen LogP contribution in [0.4, 0.5) is 14.6 Å². The highest BCUT2D eigenvalue weighted by Gasteiger charge is 2.19. The monoisotopic (exact) mass is 455 g/mol. The number of carbonyl (C=O) groups excluding carboxylic acids is 1. The normalized spacial score (nSPS) is 11.1. The Labute approximate surface area is 193 Å². The quantitative estimate of drug-likeness (QED) is 0.383. The van der Waals surface area contributed by atoms with Gasteiger partial charge in [-0.05, 0) is 85.6 Å². The van der Waals surface area contributed by atoms with Gasteiger partial charge in [0.05, 0.1) is 5.69 Å². The summed E-state index contributed by atoms with van der Waals surface area (Å²) >= 11 is 0. The minimum Gasteiger partial charge on any atom is -0.307 e. The van der Waals surface area contributed by atoms with Crippen LogP contribution in [-0.4, -0.2) is 25.5 Å². The molecule has 5 rings (SSSR count). The van der Waals surface area contributed by atoms with Gasteiger partial charge in [0.1, 0.15) is 23.1 Å². The van der Waals surface area contributed by atoms with Crippen LogP contribution in [0.1, 0.15) is 21.5 Å². The summed E-state index contributed by atoms with van der Waals surface area (Å²) in [7, 11) is 0. The van der Waals surface area contributed by atoms with Gasteiger partial charge in [0.15, 0.2) is 5.65 Å². The zero-order valence-corrected chi connectivity index (χ0v) is 18.4. The largest absolute Gasteiger partial charge is 0.307 e. The smallest absolute Gasteiger partial charge is 0.256 e. The predicted octanol–water partition coefficient (Wildman–Crippen LogP) is 5.61. The topological polar surface area (TPSA) is 72.2 Å². The van der Waals surface area contributed by atoms with Crippen LogP contribution < -0.4 is 5.32 Å². The fourth-order valence-corrected chi connectivity index (χ4v) is 3.75. The van der Waals surface area contributed by atoms with Crippen molar-refractivity contribution in [3.8, 4) is 22.5 Å². The van der Waals surface area contributed by atoms with E-state index in [9.17, 15) is 13.6 Å². The highest BCUT2D eigenvalue weighted by Crippen LogP contribution is 2.34. The SMILES string of the molecule is Cc1cc(-c2nc3c(C)ccnn3c2-c2ccnc(NC(=O)c3ccc(F)cc3)c2)ccc1F. The molecule has 0 aliphatic carbocycles. The molecular weight excluding hydrogens is 436 g/mol. The van der Waals surface area contributed by atoms with Crippen LogP contribution >= 0.6 is 0 Å². The van der Waals surface area contributed by atoms with Gasteiger partial charge in [-0.1, -0.05) is 0 Å². The standard InChI is InChI=1S/C26H19F2N5O/c1-15-9-12-30-33-24(23(32-25(15)33)18-5-8-21(28)16(2)13-18)19-10-11-29-22(14-19)31-26(34)17-3-6-20(27)7-4-17/h3-14H,1-2H3,(H,29,31,34). The van der Waals surface area contributed by atoms with Crippen molar-refractivity contribution in [3.05, 3.63) is 101 Å². The lowest BCUT2D eigenvalue weighted by Crippen LogP contribution is -2.13. The van der Waals surface area contributed by atoms with E-state index in [1.54, 1.807) is 48.1 Å². The number of amides is 1. The van der Waals surface area contributed by atoms with Crippen molar-refractivity contribution < 1.29 is 13.6 Å². The number of hydrogen-bond donors (Lipinski definition) is 1. The van der Waals surface area contributed by atoms with E-state index in [-0.39, 0.29) is 5.82 Å². The molecule has 0 aliphatic heterocycles. The van der Waals surface area contributed by atoms with Gasteiger partial charge in [-0.3, -0.25) is 4.79 Å². The lowest BCUT2D eigenvalue weighted by Gasteiger charge is -2.09. The number of anilines is 1. The molecule has 0 unspecified atom stereocenters. The van der Waals surface area contributed by atoms with Gasteiger partial charge in [0.2, 0.25) is 0 Å². The third kappa shape index (κ3) is 3.90. The maximum absolute atomic E-state index is 13.9. The van der Waals surface area contributed by atoms with E-state index in [0.29, 0.717) is 39.5 Å². The maximum Gasteiger partial charge on any atom is 0.256 e. The number of imidazole rings is 1. The second-order valence-electron chi connectivity index (χ2n) is 7.91. The molecule has 3 aromatic heterocycles. The number of fused-ring (bicyclic) bond motifs is 1. The zero-order valence-electron chi connectivity index (χ0n) is 18.4. The molecule has 168 valence electrons. The molecule has 1 N–H and O–H groups in total. The van der Waals surface area contributed by atoms with Gasteiger partial charge in [-0.15, -0.1) is 0 Å². The molecule has 0 radical (unpaired) electrons.